The van der Waals surface area contributed by atoms with Crippen molar-refractivity contribution in [1.82, 2.24) is 10.3 Å². The van der Waals surface area contributed by atoms with Crippen molar-refractivity contribution in [3.8, 4) is 11.3 Å². The van der Waals surface area contributed by atoms with E-state index in [1.54, 1.807) is 0 Å². The number of nitrogens with one attached hydrogen (secondary N) is 1. The summed E-state index contributed by atoms with van der Waals surface area (Å²) < 4.78 is 0. The molecule has 1 aromatic heterocycles. The van der Waals surface area contributed by atoms with Gasteiger partial charge in [-0.2, -0.15) is 0 Å². The Balaban J connectivity index is 1.58. The lowest BCUT2D eigenvalue weighted by Crippen LogP contribution is -2.30. The first-order valence-electron chi connectivity index (χ1n) is 7.18. The minimum Gasteiger partial charge on any atom is -0.316 e. The van der Waals surface area contributed by atoms with Crippen molar-refractivity contribution in [1.29, 1.82) is 0 Å². The molecule has 1 aliphatic heterocycles. The van der Waals surface area contributed by atoms with Gasteiger partial charge in [-0.15, -0.1) is 11.3 Å². The van der Waals surface area contributed by atoms with Gasteiger partial charge in [-0.1, -0.05) is 24.3 Å². The molecule has 0 radical (unpaired) electrons. The largest absolute Gasteiger partial charge is 0.316 e. The smallest absolute Gasteiger partial charge is 0.0938 e. The van der Waals surface area contributed by atoms with Crippen LogP contribution in [0.25, 0.3) is 11.3 Å². The van der Waals surface area contributed by atoms with Crippen LogP contribution in [0.15, 0.2) is 24.3 Å². The van der Waals surface area contributed by atoms with E-state index in [2.05, 4.69) is 29.6 Å². The molecule has 1 atom stereocenters. The summed E-state index contributed by atoms with van der Waals surface area (Å²) >= 11 is 1.93. The standard InChI is InChI=1S/C16H18N2S/c1-2-6-13-12(5-1)9-14-16(13)18-15(19-14)8-11-4-3-7-17-10-11/h1-2,5-6,11,17H,3-4,7-10H2. The Kier molecular flexibility index (Phi) is 2.89. The van der Waals surface area contributed by atoms with Crippen LogP contribution in [0.4, 0.5) is 0 Å². The molecule has 3 heteroatoms. The second-order valence-electron chi connectivity index (χ2n) is 5.63. The van der Waals surface area contributed by atoms with E-state index < -0.39 is 0 Å². The van der Waals surface area contributed by atoms with Crippen molar-refractivity contribution in [3.63, 3.8) is 0 Å². The lowest BCUT2D eigenvalue weighted by atomic mass is 9.97. The van der Waals surface area contributed by atoms with Gasteiger partial charge in [0.1, 0.15) is 0 Å². The van der Waals surface area contributed by atoms with Crippen LogP contribution in [0.5, 0.6) is 0 Å². The first-order valence-corrected chi connectivity index (χ1v) is 7.99. The summed E-state index contributed by atoms with van der Waals surface area (Å²) in [7, 11) is 0. The molecule has 0 saturated carbocycles. The summed E-state index contributed by atoms with van der Waals surface area (Å²) in [6.45, 7) is 2.36. The van der Waals surface area contributed by atoms with E-state index in [4.69, 9.17) is 4.98 Å². The number of benzene rings is 1. The number of hydrogen-bond acceptors (Lipinski definition) is 3. The number of rotatable bonds is 2. The quantitative estimate of drug-likeness (QED) is 0.773. The highest BCUT2D eigenvalue weighted by atomic mass is 32.1. The maximum Gasteiger partial charge on any atom is 0.0938 e. The predicted octanol–water partition coefficient (Wildman–Crippen LogP) is 3.26. The number of fused-ring (bicyclic) bond motifs is 3. The Morgan fingerprint density at radius 3 is 3.16 bits per heavy atom. The van der Waals surface area contributed by atoms with Gasteiger partial charge in [0.25, 0.3) is 0 Å². The summed E-state index contributed by atoms with van der Waals surface area (Å²) in [4.78, 5) is 6.39. The fraction of sp³-hybridized carbons (Fsp3) is 0.438. The van der Waals surface area contributed by atoms with E-state index in [0.717, 1.165) is 18.8 Å². The van der Waals surface area contributed by atoms with Crippen LogP contribution in [-0.2, 0) is 12.8 Å². The molecule has 4 rings (SSSR count). The van der Waals surface area contributed by atoms with Crippen LogP contribution in [0.2, 0.25) is 0 Å². The van der Waals surface area contributed by atoms with E-state index in [1.165, 1.54) is 52.6 Å². The zero-order valence-corrected chi connectivity index (χ0v) is 11.8. The van der Waals surface area contributed by atoms with Crippen molar-refractivity contribution in [2.45, 2.75) is 25.7 Å². The normalized spacial score (nSPS) is 21.2. The van der Waals surface area contributed by atoms with Gasteiger partial charge in [0, 0.05) is 23.3 Å². The highest BCUT2D eigenvalue weighted by molar-refractivity contribution is 7.12. The number of thiazole rings is 1. The van der Waals surface area contributed by atoms with Gasteiger partial charge < -0.3 is 5.32 Å². The van der Waals surface area contributed by atoms with E-state index in [1.807, 2.05) is 11.3 Å². The van der Waals surface area contributed by atoms with Gasteiger partial charge in [0.05, 0.1) is 10.7 Å². The number of aromatic nitrogens is 1. The monoisotopic (exact) mass is 270 g/mol. The molecule has 2 aliphatic rings. The van der Waals surface area contributed by atoms with Crippen LogP contribution in [-0.4, -0.2) is 18.1 Å². The van der Waals surface area contributed by atoms with Crippen molar-refractivity contribution in [2.75, 3.05) is 13.1 Å². The molecule has 0 amide bonds. The molecular weight excluding hydrogens is 252 g/mol. The molecule has 98 valence electrons. The average Bonchev–Trinajstić information content (AvgIpc) is 2.97. The van der Waals surface area contributed by atoms with Crippen LogP contribution < -0.4 is 5.32 Å². The van der Waals surface area contributed by atoms with Gasteiger partial charge in [0.15, 0.2) is 0 Å². The van der Waals surface area contributed by atoms with Crippen molar-refractivity contribution >= 4 is 11.3 Å². The third kappa shape index (κ3) is 2.11. The van der Waals surface area contributed by atoms with Crippen molar-refractivity contribution in [2.24, 2.45) is 5.92 Å². The highest BCUT2D eigenvalue weighted by Gasteiger charge is 2.24. The molecule has 1 fully saturated rings. The Labute approximate surface area is 117 Å². The molecule has 19 heavy (non-hydrogen) atoms. The third-order valence-electron chi connectivity index (χ3n) is 4.23. The first kappa shape index (κ1) is 11.6. The molecule has 2 heterocycles. The summed E-state index contributed by atoms with van der Waals surface area (Å²) in [6, 6.07) is 8.70. The fourth-order valence-electron chi connectivity index (χ4n) is 3.24. The molecule has 1 unspecified atom stereocenters. The second-order valence-corrected chi connectivity index (χ2v) is 6.80. The topological polar surface area (TPSA) is 24.9 Å². The van der Waals surface area contributed by atoms with Crippen LogP contribution in [0.1, 0.15) is 28.3 Å². The summed E-state index contributed by atoms with van der Waals surface area (Å²) in [5, 5.41) is 4.84. The van der Waals surface area contributed by atoms with Crippen molar-refractivity contribution < 1.29 is 0 Å². The van der Waals surface area contributed by atoms with Gasteiger partial charge in [-0.05, 0) is 37.4 Å². The van der Waals surface area contributed by atoms with Gasteiger partial charge >= 0.3 is 0 Å². The second kappa shape index (κ2) is 4.73. The Hall–Kier alpha value is -1.19. The molecular formula is C16H18N2S. The molecule has 1 aromatic carbocycles. The predicted molar refractivity (Wildman–Crippen MR) is 79.7 cm³/mol. The molecule has 1 N–H and O–H groups in total. The highest BCUT2D eigenvalue weighted by Crippen LogP contribution is 2.39. The minimum atomic E-state index is 0.787. The van der Waals surface area contributed by atoms with Crippen molar-refractivity contribution in [3.05, 3.63) is 39.7 Å². The maximum absolute atomic E-state index is 4.92. The van der Waals surface area contributed by atoms with Crippen LogP contribution >= 0.6 is 11.3 Å². The summed E-state index contributed by atoms with van der Waals surface area (Å²) in [5.74, 6) is 0.787. The summed E-state index contributed by atoms with van der Waals surface area (Å²) in [5.41, 5.74) is 4.07. The van der Waals surface area contributed by atoms with Gasteiger partial charge in [-0.25, -0.2) is 4.98 Å². The number of nitrogens with zero attached hydrogens (tertiary/aromatic N) is 1. The zero-order chi connectivity index (χ0) is 12.7. The Morgan fingerprint density at radius 2 is 2.26 bits per heavy atom. The first-order chi connectivity index (χ1) is 9.40. The maximum atomic E-state index is 4.92. The third-order valence-corrected chi connectivity index (χ3v) is 5.31. The lowest BCUT2D eigenvalue weighted by Gasteiger charge is -2.21. The molecule has 2 nitrogen and oxygen atoms in total. The van der Waals surface area contributed by atoms with E-state index in [9.17, 15) is 0 Å². The van der Waals surface area contributed by atoms with E-state index in [-0.39, 0.29) is 0 Å². The molecule has 0 spiro atoms. The molecule has 1 aliphatic carbocycles. The Bertz CT molecular complexity index is 597. The summed E-state index contributed by atoms with van der Waals surface area (Å²) in [6.07, 6.45) is 4.92. The van der Waals surface area contributed by atoms with Gasteiger partial charge in [-0.3, -0.25) is 0 Å². The zero-order valence-electron chi connectivity index (χ0n) is 11.0. The van der Waals surface area contributed by atoms with Crippen LogP contribution in [0, 0.1) is 5.92 Å². The Morgan fingerprint density at radius 1 is 1.32 bits per heavy atom. The number of hydrogen-bond donors (Lipinski definition) is 1. The van der Waals surface area contributed by atoms with E-state index >= 15 is 0 Å². The minimum absolute atomic E-state index is 0.787. The van der Waals surface area contributed by atoms with E-state index in [0.29, 0.717) is 0 Å². The fourth-order valence-corrected chi connectivity index (χ4v) is 4.46. The average molecular weight is 270 g/mol. The van der Waals surface area contributed by atoms with Crippen LogP contribution in [0.3, 0.4) is 0 Å². The van der Waals surface area contributed by atoms with Gasteiger partial charge in [0.2, 0.25) is 0 Å². The molecule has 2 aromatic rings. The SMILES string of the molecule is c1ccc2c(c1)Cc1sc(CC3CCCNC3)nc1-2. The lowest BCUT2D eigenvalue weighted by molar-refractivity contribution is 0.376. The molecule has 0 bridgehead atoms. The molecule has 1 saturated heterocycles. The number of piperidine rings is 1.